The molecule has 0 atom stereocenters. The Kier molecular flexibility index (Phi) is 8.31. The Bertz CT molecular complexity index is 1260. The van der Waals surface area contributed by atoms with Crippen molar-refractivity contribution < 1.29 is 18.0 Å². The van der Waals surface area contributed by atoms with E-state index in [4.69, 9.17) is 11.6 Å². The summed E-state index contributed by atoms with van der Waals surface area (Å²) < 4.78 is 27.9. The number of halogens is 1. The smallest absolute Gasteiger partial charge is 0.264 e. The molecule has 34 heavy (non-hydrogen) atoms. The van der Waals surface area contributed by atoms with Crippen molar-refractivity contribution in [3.63, 3.8) is 0 Å². The third-order valence-corrected chi connectivity index (χ3v) is 7.03. The molecule has 0 fully saturated rings. The van der Waals surface area contributed by atoms with Crippen molar-refractivity contribution in [2.45, 2.75) is 25.2 Å². The van der Waals surface area contributed by atoms with Gasteiger partial charge in [-0.05, 0) is 61.9 Å². The number of rotatable bonds is 9. The molecule has 178 valence electrons. The molecule has 9 heteroatoms. The second kappa shape index (κ2) is 11.2. The minimum atomic E-state index is -4.06. The maximum Gasteiger partial charge on any atom is 0.264 e. The van der Waals surface area contributed by atoms with E-state index >= 15 is 0 Å². The van der Waals surface area contributed by atoms with Crippen molar-refractivity contribution in [3.8, 4) is 0 Å². The summed E-state index contributed by atoms with van der Waals surface area (Å²) in [4.78, 5) is 25.5. The summed E-state index contributed by atoms with van der Waals surface area (Å²) in [5.41, 5.74) is 1.79. The number of aryl methyl sites for hydroxylation is 1. The normalized spacial score (nSPS) is 11.0. The van der Waals surface area contributed by atoms with Gasteiger partial charge in [0.15, 0.2) is 0 Å². The third-order valence-electron chi connectivity index (χ3n) is 4.99. The predicted octanol–water partition coefficient (Wildman–Crippen LogP) is 4.62. The van der Waals surface area contributed by atoms with Crippen molar-refractivity contribution >= 4 is 44.8 Å². The number of carbonyl (C=O) groups is 2. The maximum atomic E-state index is 13.5. The Morgan fingerprint density at radius 3 is 2.24 bits per heavy atom. The quantitative estimate of drug-likeness (QED) is 0.449. The van der Waals surface area contributed by atoms with E-state index < -0.39 is 22.5 Å². The molecule has 3 aromatic rings. The van der Waals surface area contributed by atoms with E-state index in [9.17, 15) is 18.0 Å². The van der Waals surface area contributed by atoms with E-state index in [1.165, 1.54) is 24.3 Å². The zero-order valence-corrected chi connectivity index (χ0v) is 20.5. The van der Waals surface area contributed by atoms with E-state index in [1.807, 2.05) is 13.8 Å². The molecule has 0 bridgehead atoms. The fourth-order valence-electron chi connectivity index (χ4n) is 3.20. The molecular weight excluding hydrogens is 474 g/mol. The highest BCUT2D eigenvalue weighted by molar-refractivity contribution is 7.92. The number of amides is 2. The molecule has 0 spiro atoms. The maximum absolute atomic E-state index is 13.5. The SMILES string of the molecule is CCCNC(=O)c1ccccc1NC(=O)CN(c1ccc(Cl)cc1)S(=O)(=O)c1ccc(C)cc1. The number of nitrogens with zero attached hydrogens (tertiary/aromatic N) is 1. The molecule has 2 amide bonds. The molecule has 0 unspecified atom stereocenters. The topological polar surface area (TPSA) is 95.6 Å². The van der Waals surface area contributed by atoms with E-state index in [0.29, 0.717) is 22.8 Å². The van der Waals surface area contributed by atoms with Gasteiger partial charge in [-0.2, -0.15) is 0 Å². The first kappa shape index (κ1) is 25.3. The van der Waals surface area contributed by atoms with Crippen molar-refractivity contribution in [2.75, 3.05) is 22.7 Å². The van der Waals surface area contributed by atoms with Gasteiger partial charge in [-0.15, -0.1) is 0 Å². The van der Waals surface area contributed by atoms with Crippen LogP contribution < -0.4 is 14.9 Å². The van der Waals surface area contributed by atoms with Gasteiger partial charge < -0.3 is 10.6 Å². The molecule has 0 aliphatic rings. The van der Waals surface area contributed by atoms with E-state index in [2.05, 4.69) is 10.6 Å². The molecule has 0 saturated heterocycles. The van der Waals surface area contributed by atoms with Gasteiger partial charge in [0.2, 0.25) is 5.91 Å². The summed E-state index contributed by atoms with van der Waals surface area (Å²) >= 11 is 5.98. The highest BCUT2D eigenvalue weighted by Gasteiger charge is 2.27. The number of hydrogen-bond acceptors (Lipinski definition) is 4. The molecule has 0 aromatic heterocycles. The third kappa shape index (κ3) is 6.15. The van der Waals surface area contributed by atoms with Crippen LogP contribution in [0.15, 0.2) is 77.7 Å². The zero-order valence-electron chi connectivity index (χ0n) is 18.9. The summed E-state index contributed by atoms with van der Waals surface area (Å²) in [6, 6.07) is 19.1. The Hall–Kier alpha value is -3.36. The first-order chi connectivity index (χ1) is 16.2. The lowest BCUT2D eigenvalue weighted by Gasteiger charge is -2.24. The van der Waals surface area contributed by atoms with Crippen LogP contribution >= 0.6 is 11.6 Å². The number of hydrogen-bond donors (Lipinski definition) is 2. The van der Waals surface area contributed by atoms with Crippen LogP contribution in [0.3, 0.4) is 0 Å². The first-order valence-corrected chi connectivity index (χ1v) is 12.6. The van der Waals surface area contributed by atoms with Crippen molar-refractivity contribution in [2.24, 2.45) is 0 Å². The largest absolute Gasteiger partial charge is 0.352 e. The molecule has 0 aliphatic heterocycles. The van der Waals surface area contributed by atoms with Crippen LogP contribution in [0.2, 0.25) is 5.02 Å². The average Bonchev–Trinajstić information content (AvgIpc) is 2.82. The van der Waals surface area contributed by atoms with E-state index in [0.717, 1.165) is 16.3 Å². The molecular formula is C25H26ClN3O4S. The molecule has 7 nitrogen and oxygen atoms in total. The van der Waals surface area contributed by atoms with Gasteiger partial charge in [0, 0.05) is 11.6 Å². The van der Waals surface area contributed by atoms with Gasteiger partial charge >= 0.3 is 0 Å². The summed E-state index contributed by atoms with van der Waals surface area (Å²) in [6.45, 7) is 3.80. The van der Waals surface area contributed by atoms with E-state index in [-0.39, 0.29) is 16.5 Å². The zero-order chi connectivity index (χ0) is 24.7. The van der Waals surface area contributed by atoms with Gasteiger partial charge in [0.05, 0.1) is 21.8 Å². The Labute approximate surface area is 204 Å². The van der Waals surface area contributed by atoms with Crippen LogP contribution in [0.25, 0.3) is 0 Å². The second-order valence-corrected chi connectivity index (χ2v) is 9.95. The number of benzene rings is 3. The van der Waals surface area contributed by atoms with Crippen molar-refractivity contribution in [1.82, 2.24) is 5.32 Å². The molecule has 3 aromatic carbocycles. The Morgan fingerprint density at radius 2 is 1.59 bits per heavy atom. The summed E-state index contributed by atoms with van der Waals surface area (Å²) in [6.07, 6.45) is 0.771. The minimum Gasteiger partial charge on any atom is -0.352 e. The van der Waals surface area contributed by atoms with Gasteiger partial charge in [-0.1, -0.05) is 48.4 Å². The minimum absolute atomic E-state index is 0.0557. The van der Waals surface area contributed by atoms with Crippen LogP contribution in [0.1, 0.15) is 29.3 Å². The molecule has 0 aliphatic carbocycles. The second-order valence-electron chi connectivity index (χ2n) is 7.65. The molecule has 2 N–H and O–H groups in total. The number of sulfonamides is 1. The Morgan fingerprint density at radius 1 is 0.941 bits per heavy atom. The fourth-order valence-corrected chi connectivity index (χ4v) is 4.75. The van der Waals surface area contributed by atoms with Crippen molar-refractivity contribution in [1.29, 1.82) is 0 Å². The van der Waals surface area contributed by atoms with E-state index in [1.54, 1.807) is 48.5 Å². The summed E-state index contributed by atoms with van der Waals surface area (Å²) in [5.74, 6) is -0.916. The number of anilines is 2. The highest BCUT2D eigenvalue weighted by Crippen LogP contribution is 2.26. The average molecular weight is 500 g/mol. The van der Waals surface area contributed by atoms with Gasteiger partial charge in [0.25, 0.3) is 15.9 Å². The fraction of sp³-hybridized carbons (Fsp3) is 0.200. The van der Waals surface area contributed by atoms with Crippen LogP contribution in [-0.4, -0.2) is 33.3 Å². The monoisotopic (exact) mass is 499 g/mol. The molecule has 0 heterocycles. The predicted molar refractivity (Wildman–Crippen MR) is 135 cm³/mol. The number of carbonyl (C=O) groups excluding carboxylic acids is 2. The van der Waals surface area contributed by atoms with Crippen LogP contribution in [0.5, 0.6) is 0 Å². The van der Waals surface area contributed by atoms with Gasteiger partial charge in [-0.3, -0.25) is 13.9 Å². The van der Waals surface area contributed by atoms with Crippen LogP contribution in [0, 0.1) is 6.92 Å². The lowest BCUT2D eigenvalue weighted by atomic mass is 10.1. The molecule has 0 radical (unpaired) electrons. The first-order valence-electron chi connectivity index (χ1n) is 10.7. The standard InChI is InChI=1S/C25H26ClN3O4S/c1-3-16-27-25(31)22-6-4-5-7-23(22)28-24(30)17-29(20-12-10-19(26)11-13-20)34(32,33)21-14-8-18(2)9-15-21/h4-15H,3,16-17H2,1-2H3,(H,27,31)(H,28,30). The molecule has 0 saturated carbocycles. The number of nitrogens with one attached hydrogen (secondary N) is 2. The lowest BCUT2D eigenvalue weighted by Crippen LogP contribution is -2.38. The van der Waals surface area contributed by atoms with Gasteiger partial charge in [-0.25, -0.2) is 8.42 Å². The van der Waals surface area contributed by atoms with Crippen LogP contribution in [0.4, 0.5) is 11.4 Å². The lowest BCUT2D eigenvalue weighted by molar-refractivity contribution is -0.114. The number of para-hydroxylation sites is 1. The van der Waals surface area contributed by atoms with Crippen LogP contribution in [-0.2, 0) is 14.8 Å². The molecule has 3 rings (SSSR count). The van der Waals surface area contributed by atoms with Gasteiger partial charge in [0.1, 0.15) is 6.54 Å². The Balaban J connectivity index is 1.91. The highest BCUT2D eigenvalue weighted by atomic mass is 35.5. The summed E-state index contributed by atoms with van der Waals surface area (Å²) in [5, 5.41) is 5.89. The summed E-state index contributed by atoms with van der Waals surface area (Å²) in [7, 11) is -4.06. The van der Waals surface area contributed by atoms with Crippen molar-refractivity contribution in [3.05, 3.63) is 88.9 Å².